The second-order valence-electron chi connectivity index (χ2n) is 5.01. The first-order chi connectivity index (χ1) is 11.2. The van der Waals surface area contributed by atoms with Gasteiger partial charge in [-0.25, -0.2) is 0 Å². The minimum absolute atomic E-state index is 0.0721. The predicted molar refractivity (Wildman–Crippen MR) is 86.3 cm³/mol. The van der Waals surface area contributed by atoms with E-state index >= 15 is 0 Å². The zero-order valence-corrected chi connectivity index (χ0v) is 13.3. The van der Waals surface area contributed by atoms with Crippen LogP contribution < -0.4 is 15.2 Å². The van der Waals surface area contributed by atoms with Crippen LogP contribution in [0.4, 0.5) is 5.82 Å². The highest BCUT2D eigenvalue weighted by molar-refractivity contribution is 6.29. The van der Waals surface area contributed by atoms with Crippen LogP contribution in [0.2, 0.25) is 5.15 Å². The summed E-state index contributed by atoms with van der Waals surface area (Å²) in [5.74, 6) is 0.722. The van der Waals surface area contributed by atoms with Crippen molar-refractivity contribution in [2.45, 2.75) is 6.54 Å². The molecule has 0 N–H and O–H groups in total. The van der Waals surface area contributed by atoms with E-state index < -0.39 is 0 Å². The molecule has 3 heterocycles. The number of pyridine rings is 1. The van der Waals surface area contributed by atoms with Crippen LogP contribution in [0.25, 0.3) is 0 Å². The molecule has 0 radical (unpaired) electrons. The van der Waals surface area contributed by atoms with Crippen molar-refractivity contribution in [1.29, 1.82) is 0 Å². The minimum Gasteiger partial charge on any atom is -0.461 e. The lowest BCUT2D eigenvalue weighted by molar-refractivity contribution is 0.122. The molecule has 7 nitrogen and oxygen atoms in total. The van der Waals surface area contributed by atoms with Crippen LogP contribution >= 0.6 is 11.6 Å². The molecule has 0 bridgehead atoms. The van der Waals surface area contributed by atoms with E-state index in [1.165, 1.54) is 6.07 Å². The van der Waals surface area contributed by atoms with Gasteiger partial charge in [0.1, 0.15) is 17.6 Å². The smallest absolute Gasteiger partial charge is 0.319 e. The Hall–Kier alpha value is -2.12. The highest BCUT2D eigenvalue weighted by Gasteiger charge is 2.15. The van der Waals surface area contributed by atoms with Crippen LogP contribution in [0, 0.1) is 0 Å². The predicted octanol–water partition coefficient (Wildman–Crippen LogP) is 1.21. The van der Waals surface area contributed by atoms with Crippen molar-refractivity contribution in [3.8, 4) is 6.01 Å². The molecule has 1 aliphatic heterocycles. The largest absolute Gasteiger partial charge is 0.461 e. The van der Waals surface area contributed by atoms with Crippen LogP contribution in [-0.4, -0.2) is 47.4 Å². The second-order valence-corrected chi connectivity index (χ2v) is 5.40. The number of rotatable bonds is 5. The summed E-state index contributed by atoms with van der Waals surface area (Å²) in [5, 5.41) is 0.327. The molecular formula is C15H17ClN4O3. The van der Waals surface area contributed by atoms with E-state index in [0.717, 1.165) is 18.9 Å². The highest BCUT2D eigenvalue weighted by Crippen LogP contribution is 2.20. The molecule has 0 amide bonds. The lowest BCUT2D eigenvalue weighted by atomic mass is 10.4. The molecule has 8 heteroatoms. The van der Waals surface area contributed by atoms with E-state index in [-0.39, 0.29) is 18.2 Å². The van der Waals surface area contributed by atoms with Crippen molar-refractivity contribution in [2.24, 2.45) is 0 Å². The van der Waals surface area contributed by atoms with Crippen molar-refractivity contribution >= 4 is 17.4 Å². The van der Waals surface area contributed by atoms with E-state index in [2.05, 4.69) is 14.9 Å². The normalized spacial score (nSPS) is 14.7. The van der Waals surface area contributed by atoms with Gasteiger partial charge < -0.3 is 18.9 Å². The Morgan fingerprint density at radius 3 is 2.87 bits per heavy atom. The molecule has 0 saturated carbocycles. The number of aromatic nitrogens is 3. The van der Waals surface area contributed by atoms with Gasteiger partial charge in [0.15, 0.2) is 0 Å². The van der Waals surface area contributed by atoms with E-state index in [1.54, 1.807) is 29.0 Å². The van der Waals surface area contributed by atoms with E-state index in [1.807, 2.05) is 0 Å². The fourth-order valence-corrected chi connectivity index (χ4v) is 2.45. The van der Waals surface area contributed by atoms with Gasteiger partial charge >= 0.3 is 6.01 Å². The van der Waals surface area contributed by atoms with Crippen LogP contribution in [0.3, 0.4) is 0 Å². The molecule has 0 aliphatic carbocycles. The molecule has 1 saturated heterocycles. The van der Waals surface area contributed by atoms with E-state index in [0.29, 0.717) is 24.9 Å². The highest BCUT2D eigenvalue weighted by atomic mass is 35.5. The molecule has 0 atom stereocenters. The van der Waals surface area contributed by atoms with Crippen LogP contribution in [-0.2, 0) is 11.3 Å². The first-order valence-corrected chi connectivity index (χ1v) is 7.76. The van der Waals surface area contributed by atoms with Crippen molar-refractivity contribution in [1.82, 2.24) is 14.5 Å². The molecule has 2 aromatic heterocycles. The molecule has 0 spiro atoms. The topological polar surface area (TPSA) is 69.5 Å². The van der Waals surface area contributed by atoms with Gasteiger partial charge in [-0.05, 0) is 6.07 Å². The molecule has 23 heavy (non-hydrogen) atoms. The first-order valence-electron chi connectivity index (χ1n) is 7.38. The summed E-state index contributed by atoms with van der Waals surface area (Å²) < 4.78 is 12.4. The Balaban J connectivity index is 1.64. The summed E-state index contributed by atoms with van der Waals surface area (Å²) in [4.78, 5) is 22.1. The van der Waals surface area contributed by atoms with Crippen molar-refractivity contribution in [3.05, 3.63) is 46.0 Å². The van der Waals surface area contributed by atoms with Gasteiger partial charge in [0, 0.05) is 31.4 Å². The van der Waals surface area contributed by atoms with Gasteiger partial charge in [0.05, 0.1) is 19.8 Å². The van der Waals surface area contributed by atoms with Gasteiger partial charge in [0.25, 0.3) is 5.56 Å². The Kier molecular flexibility index (Phi) is 5.09. The number of halogens is 1. The third-order valence-corrected chi connectivity index (χ3v) is 3.65. The van der Waals surface area contributed by atoms with Gasteiger partial charge in [-0.2, -0.15) is 9.97 Å². The second kappa shape index (κ2) is 7.43. The number of hydrogen-bond acceptors (Lipinski definition) is 6. The molecule has 3 rings (SSSR count). The maximum Gasteiger partial charge on any atom is 0.319 e. The van der Waals surface area contributed by atoms with Gasteiger partial charge in [-0.1, -0.05) is 17.7 Å². The molecule has 1 fully saturated rings. The van der Waals surface area contributed by atoms with E-state index in [4.69, 9.17) is 21.1 Å². The van der Waals surface area contributed by atoms with Crippen molar-refractivity contribution in [2.75, 3.05) is 37.8 Å². The number of nitrogens with zero attached hydrogens (tertiary/aromatic N) is 4. The Morgan fingerprint density at radius 2 is 2.09 bits per heavy atom. The molecule has 0 unspecified atom stereocenters. The van der Waals surface area contributed by atoms with Crippen molar-refractivity contribution < 1.29 is 9.47 Å². The zero-order chi connectivity index (χ0) is 16.1. The first kappa shape index (κ1) is 15.8. The van der Waals surface area contributed by atoms with Crippen LogP contribution in [0.5, 0.6) is 6.01 Å². The summed E-state index contributed by atoms with van der Waals surface area (Å²) in [6, 6.07) is 6.93. The third kappa shape index (κ3) is 4.20. The lowest BCUT2D eigenvalue weighted by Crippen LogP contribution is -2.36. The number of morpholine rings is 1. The number of hydrogen-bond donors (Lipinski definition) is 0. The Labute approximate surface area is 138 Å². The average molecular weight is 337 g/mol. The lowest BCUT2D eigenvalue weighted by Gasteiger charge is -2.27. The van der Waals surface area contributed by atoms with Gasteiger partial charge in [-0.15, -0.1) is 0 Å². The number of ether oxygens (including phenoxy) is 2. The standard InChI is InChI=1S/C15H17ClN4O3/c16-12-11-13(19-5-8-22-9-6-19)18-15(17-12)23-10-7-20-4-2-1-3-14(20)21/h1-4,11H,5-10H2. The fraction of sp³-hybridized carbons (Fsp3) is 0.400. The maximum atomic E-state index is 11.6. The van der Waals surface area contributed by atoms with E-state index in [9.17, 15) is 4.79 Å². The third-order valence-electron chi connectivity index (χ3n) is 3.46. The summed E-state index contributed by atoms with van der Waals surface area (Å²) in [6.07, 6.45) is 1.71. The van der Waals surface area contributed by atoms with Crippen molar-refractivity contribution in [3.63, 3.8) is 0 Å². The molecule has 0 aromatic carbocycles. The summed E-state index contributed by atoms with van der Waals surface area (Å²) in [7, 11) is 0. The van der Waals surface area contributed by atoms with Gasteiger partial charge in [-0.3, -0.25) is 4.79 Å². The average Bonchev–Trinajstić information content (AvgIpc) is 2.57. The van der Waals surface area contributed by atoms with Gasteiger partial charge in [0.2, 0.25) is 0 Å². The molecule has 1 aliphatic rings. The Bertz CT molecular complexity index is 716. The fourth-order valence-electron chi connectivity index (χ4n) is 2.29. The number of anilines is 1. The summed E-state index contributed by atoms with van der Waals surface area (Å²) in [6.45, 7) is 3.54. The molecular weight excluding hydrogens is 320 g/mol. The monoisotopic (exact) mass is 336 g/mol. The molecule has 122 valence electrons. The van der Waals surface area contributed by atoms with Crippen LogP contribution in [0.15, 0.2) is 35.3 Å². The quantitative estimate of drug-likeness (QED) is 0.764. The Morgan fingerprint density at radius 1 is 1.26 bits per heavy atom. The molecule has 2 aromatic rings. The zero-order valence-electron chi connectivity index (χ0n) is 12.5. The van der Waals surface area contributed by atoms with Crippen LogP contribution in [0.1, 0.15) is 0 Å². The minimum atomic E-state index is -0.0721. The SMILES string of the molecule is O=c1ccccn1CCOc1nc(Cl)cc(N2CCOCC2)n1. The maximum absolute atomic E-state index is 11.6. The summed E-state index contributed by atoms with van der Waals surface area (Å²) >= 11 is 6.05. The summed E-state index contributed by atoms with van der Waals surface area (Å²) in [5.41, 5.74) is -0.0721.